The van der Waals surface area contributed by atoms with Gasteiger partial charge in [0, 0.05) is 6.54 Å². The maximum Gasteiger partial charge on any atom is 0.407 e. The Labute approximate surface area is 179 Å². The number of amides is 1. The van der Waals surface area contributed by atoms with E-state index in [0.29, 0.717) is 0 Å². The molecular weight excluding hydrogens is 457 g/mol. The van der Waals surface area contributed by atoms with Gasteiger partial charge in [0.2, 0.25) is 3.79 Å². The highest BCUT2D eigenvalue weighted by Gasteiger charge is 2.21. The Bertz CT molecular complexity index is 693. The molecule has 0 radical (unpaired) electrons. The number of hydrogen-bond acceptors (Lipinski definition) is 7. The van der Waals surface area contributed by atoms with E-state index in [9.17, 15) is 13.2 Å². The van der Waals surface area contributed by atoms with Crippen molar-refractivity contribution in [2.75, 3.05) is 46.2 Å². The fraction of sp³-hybridized carbons (Fsp3) is 0.562. The number of carbonyl (C=O) groups excluding carboxylic acids is 1. The molecule has 0 aliphatic heterocycles. The molecule has 12 heteroatoms. The van der Waals surface area contributed by atoms with Gasteiger partial charge in [-0.05, 0) is 19.1 Å². The zero-order valence-corrected chi connectivity index (χ0v) is 18.2. The van der Waals surface area contributed by atoms with Crippen LogP contribution in [0.1, 0.15) is 5.56 Å². The number of halogens is 3. The second-order valence-electron chi connectivity index (χ2n) is 5.43. The highest BCUT2D eigenvalue weighted by molar-refractivity contribution is 7.86. The van der Waals surface area contributed by atoms with Crippen molar-refractivity contribution in [3.8, 4) is 0 Å². The van der Waals surface area contributed by atoms with Gasteiger partial charge in [-0.15, -0.1) is 0 Å². The molecule has 0 aliphatic carbocycles. The number of benzene rings is 1. The van der Waals surface area contributed by atoms with E-state index in [4.69, 9.17) is 48.5 Å². The predicted octanol–water partition coefficient (Wildman–Crippen LogP) is 2.83. The van der Waals surface area contributed by atoms with Crippen LogP contribution in [0.4, 0.5) is 4.79 Å². The molecule has 0 atom stereocenters. The highest BCUT2D eigenvalue weighted by atomic mass is 35.6. The Morgan fingerprint density at radius 2 is 1.57 bits per heavy atom. The summed E-state index contributed by atoms with van der Waals surface area (Å²) in [7, 11) is -3.79. The fourth-order valence-electron chi connectivity index (χ4n) is 1.72. The monoisotopic (exact) mass is 477 g/mol. The van der Waals surface area contributed by atoms with Gasteiger partial charge in [0.1, 0.15) is 6.61 Å². The van der Waals surface area contributed by atoms with E-state index in [1.807, 2.05) is 6.92 Å². The first-order valence-corrected chi connectivity index (χ1v) is 10.7. The van der Waals surface area contributed by atoms with Crippen molar-refractivity contribution in [2.24, 2.45) is 0 Å². The Kier molecular flexibility index (Phi) is 11.4. The second kappa shape index (κ2) is 12.7. The lowest BCUT2D eigenvalue weighted by Crippen LogP contribution is -2.30. The molecule has 0 fully saturated rings. The summed E-state index contributed by atoms with van der Waals surface area (Å²) >= 11 is 16.3. The minimum Gasteiger partial charge on any atom is -0.445 e. The third kappa shape index (κ3) is 11.9. The number of alkyl carbamates (subject to hydrolysis) is 1. The van der Waals surface area contributed by atoms with E-state index in [0.717, 1.165) is 5.56 Å². The van der Waals surface area contributed by atoms with Crippen LogP contribution in [0, 0.1) is 6.92 Å². The van der Waals surface area contributed by atoms with Crippen LogP contribution in [0.15, 0.2) is 29.2 Å². The number of hydrogen-bond donors (Lipinski definition) is 1. The number of aryl methyl sites for hydroxylation is 1. The van der Waals surface area contributed by atoms with Gasteiger partial charge >= 0.3 is 6.09 Å². The molecule has 1 aromatic carbocycles. The first-order chi connectivity index (χ1) is 13.1. The smallest absolute Gasteiger partial charge is 0.407 e. The fourth-order valence-corrected chi connectivity index (χ4v) is 2.78. The average Bonchev–Trinajstić information content (AvgIpc) is 2.61. The summed E-state index contributed by atoms with van der Waals surface area (Å²) in [4.78, 5) is 11.3. The van der Waals surface area contributed by atoms with Crippen LogP contribution in [0.3, 0.4) is 0 Å². The van der Waals surface area contributed by atoms with Crippen molar-refractivity contribution >= 4 is 51.0 Å². The normalized spacial score (nSPS) is 12.0. The minimum absolute atomic E-state index is 0.0933. The van der Waals surface area contributed by atoms with Crippen LogP contribution < -0.4 is 5.32 Å². The van der Waals surface area contributed by atoms with Crippen LogP contribution in [0.2, 0.25) is 0 Å². The van der Waals surface area contributed by atoms with Gasteiger partial charge < -0.3 is 19.5 Å². The van der Waals surface area contributed by atoms with Crippen molar-refractivity contribution in [3.63, 3.8) is 0 Å². The quantitative estimate of drug-likeness (QED) is 0.280. The highest BCUT2D eigenvalue weighted by Crippen LogP contribution is 2.25. The standard InChI is InChI=1S/C16H22Cl3NO7S/c1-13-2-4-14(5-3-13)28(22,23)27-11-10-25-9-8-24-7-6-20-15(21)26-12-16(17,18)19/h2-5H,6-12H2,1H3,(H,20,21). The topological polar surface area (TPSA) is 100 Å². The van der Waals surface area contributed by atoms with Gasteiger partial charge in [-0.25, -0.2) is 4.79 Å². The van der Waals surface area contributed by atoms with Gasteiger partial charge in [0.25, 0.3) is 10.1 Å². The summed E-state index contributed by atoms with van der Waals surface area (Å²) in [5, 5.41) is 2.41. The van der Waals surface area contributed by atoms with Gasteiger partial charge in [-0.1, -0.05) is 52.5 Å². The first kappa shape index (κ1) is 25.2. The molecular formula is C16H22Cl3NO7S. The molecule has 0 saturated heterocycles. The summed E-state index contributed by atoms with van der Waals surface area (Å²) in [6.45, 7) is 2.42. The van der Waals surface area contributed by atoms with Gasteiger partial charge in [0.15, 0.2) is 0 Å². The van der Waals surface area contributed by atoms with Gasteiger partial charge in [0.05, 0.1) is 37.9 Å². The molecule has 1 N–H and O–H groups in total. The van der Waals surface area contributed by atoms with Crippen LogP contribution >= 0.6 is 34.8 Å². The lowest BCUT2D eigenvalue weighted by molar-refractivity contribution is 0.0377. The maximum atomic E-state index is 11.9. The molecule has 0 aromatic heterocycles. The van der Waals surface area contributed by atoms with Crippen LogP contribution in [0.25, 0.3) is 0 Å². The molecule has 160 valence electrons. The van der Waals surface area contributed by atoms with Crippen LogP contribution in [-0.4, -0.2) is 64.5 Å². The van der Waals surface area contributed by atoms with E-state index >= 15 is 0 Å². The third-order valence-electron chi connectivity index (χ3n) is 3.03. The Balaban J connectivity index is 2.00. The Morgan fingerprint density at radius 3 is 2.18 bits per heavy atom. The van der Waals surface area contributed by atoms with Gasteiger partial charge in [-0.2, -0.15) is 8.42 Å². The molecule has 8 nitrogen and oxygen atoms in total. The molecule has 0 heterocycles. The first-order valence-electron chi connectivity index (χ1n) is 8.19. The SMILES string of the molecule is Cc1ccc(S(=O)(=O)OCCOCCOCCNC(=O)OCC(Cl)(Cl)Cl)cc1. The molecule has 1 rings (SSSR count). The zero-order valence-electron chi connectivity index (χ0n) is 15.2. The third-order valence-corrected chi connectivity index (χ3v) is 4.68. The van der Waals surface area contributed by atoms with Crippen LogP contribution in [0.5, 0.6) is 0 Å². The average molecular weight is 479 g/mol. The van der Waals surface area contributed by atoms with Crippen LogP contribution in [-0.2, 0) is 28.5 Å². The van der Waals surface area contributed by atoms with Crippen molar-refractivity contribution in [1.82, 2.24) is 5.32 Å². The lowest BCUT2D eigenvalue weighted by atomic mass is 10.2. The summed E-state index contributed by atoms with van der Waals surface area (Å²) in [5.41, 5.74) is 0.956. The summed E-state index contributed by atoms with van der Waals surface area (Å²) < 4.78 is 42.2. The molecule has 1 aromatic rings. The molecule has 0 unspecified atom stereocenters. The number of rotatable bonds is 12. The van der Waals surface area contributed by atoms with E-state index in [-0.39, 0.29) is 51.1 Å². The summed E-state index contributed by atoms with van der Waals surface area (Å²) in [6, 6.07) is 6.36. The van der Waals surface area contributed by atoms with E-state index in [1.54, 1.807) is 12.1 Å². The van der Waals surface area contributed by atoms with Crippen molar-refractivity contribution in [1.29, 1.82) is 0 Å². The maximum absolute atomic E-state index is 11.9. The summed E-state index contributed by atoms with van der Waals surface area (Å²) in [5.74, 6) is 0. The number of alkyl halides is 3. The molecule has 0 aliphatic rings. The largest absolute Gasteiger partial charge is 0.445 e. The Hall–Kier alpha value is -0.810. The van der Waals surface area contributed by atoms with E-state index in [1.165, 1.54) is 12.1 Å². The van der Waals surface area contributed by atoms with Crippen molar-refractivity contribution in [2.45, 2.75) is 15.6 Å². The summed E-state index contributed by atoms with van der Waals surface area (Å²) in [6.07, 6.45) is -0.724. The van der Waals surface area contributed by atoms with E-state index in [2.05, 4.69) is 10.1 Å². The lowest BCUT2D eigenvalue weighted by Gasteiger charge is -2.12. The van der Waals surface area contributed by atoms with E-state index < -0.39 is 20.0 Å². The minimum atomic E-state index is -3.79. The number of ether oxygens (including phenoxy) is 3. The molecule has 0 saturated carbocycles. The van der Waals surface area contributed by atoms with Crippen molar-refractivity contribution < 1.29 is 31.6 Å². The number of carbonyl (C=O) groups is 1. The molecule has 1 amide bonds. The predicted molar refractivity (Wildman–Crippen MR) is 106 cm³/mol. The Morgan fingerprint density at radius 1 is 1.00 bits per heavy atom. The number of nitrogens with one attached hydrogen (secondary N) is 1. The molecule has 0 spiro atoms. The van der Waals surface area contributed by atoms with Crippen molar-refractivity contribution in [3.05, 3.63) is 29.8 Å². The van der Waals surface area contributed by atoms with Gasteiger partial charge in [-0.3, -0.25) is 4.18 Å². The molecule has 28 heavy (non-hydrogen) atoms. The zero-order chi connectivity index (χ0) is 21.0. The molecule has 0 bridgehead atoms. The second-order valence-corrected chi connectivity index (χ2v) is 9.56.